The highest BCUT2D eigenvalue weighted by Crippen LogP contribution is 2.28. The van der Waals surface area contributed by atoms with Crippen LogP contribution in [0.1, 0.15) is 32.3 Å². The number of hydrogen-bond donors (Lipinski definition) is 1. The highest BCUT2D eigenvalue weighted by molar-refractivity contribution is 6.42. The molecule has 1 aliphatic heterocycles. The molecule has 1 aromatic carbocycles. The Morgan fingerprint density at radius 1 is 1.33 bits per heavy atom. The van der Waals surface area contributed by atoms with Crippen molar-refractivity contribution in [3.63, 3.8) is 0 Å². The summed E-state index contributed by atoms with van der Waals surface area (Å²) in [5, 5.41) is 4.64. The summed E-state index contributed by atoms with van der Waals surface area (Å²) >= 11 is 12.0. The average Bonchev–Trinajstić information content (AvgIpc) is 2.94. The Balaban J connectivity index is 1.73. The topological polar surface area (TPSA) is 30.5 Å². The van der Waals surface area contributed by atoms with E-state index in [0.29, 0.717) is 23.3 Å². The number of hydrogen-bond acceptors (Lipinski definition) is 3. The molecule has 0 aliphatic carbocycles. The second-order valence-electron chi connectivity index (χ2n) is 5.89. The third-order valence-corrected chi connectivity index (χ3v) is 4.52. The molecule has 21 heavy (non-hydrogen) atoms. The van der Waals surface area contributed by atoms with E-state index in [-0.39, 0.29) is 11.6 Å². The van der Waals surface area contributed by atoms with Crippen LogP contribution < -0.4 is 5.32 Å². The molecule has 2 rings (SSSR count). The molecule has 0 spiro atoms. The van der Waals surface area contributed by atoms with Gasteiger partial charge in [-0.2, -0.15) is 0 Å². The first-order valence-electron chi connectivity index (χ1n) is 7.39. The number of benzene rings is 1. The summed E-state index contributed by atoms with van der Waals surface area (Å²) < 4.78 is 11.2. The molecule has 0 bridgehead atoms. The van der Waals surface area contributed by atoms with Crippen molar-refractivity contribution in [3.8, 4) is 0 Å². The van der Waals surface area contributed by atoms with Crippen molar-refractivity contribution in [1.82, 2.24) is 5.32 Å². The number of ether oxygens (including phenoxy) is 2. The van der Waals surface area contributed by atoms with Crippen LogP contribution in [-0.4, -0.2) is 32.5 Å². The maximum Gasteiger partial charge on any atom is 0.0809 e. The zero-order chi connectivity index (χ0) is 15.3. The molecule has 0 amide bonds. The number of rotatable bonds is 7. The summed E-state index contributed by atoms with van der Waals surface area (Å²) in [5.74, 6) is 0. The van der Waals surface area contributed by atoms with E-state index in [0.717, 1.165) is 31.6 Å². The first-order valence-corrected chi connectivity index (χ1v) is 8.14. The molecule has 1 fully saturated rings. The fraction of sp³-hybridized carbons (Fsp3) is 0.625. The Bertz CT molecular complexity index is 460. The van der Waals surface area contributed by atoms with E-state index in [1.54, 1.807) is 0 Å². The van der Waals surface area contributed by atoms with Crippen molar-refractivity contribution in [2.75, 3.05) is 26.4 Å². The van der Waals surface area contributed by atoms with Crippen molar-refractivity contribution in [1.29, 1.82) is 0 Å². The first-order chi connectivity index (χ1) is 9.99. The molecule has 1 aliphatic rings. The van der Waals surface area contributed by atoms with Crippen LogP contribution in [0.4, 0.5) is 0 Å². The second kappa shape index (κ2) is 7.80. The summed E-state index contributed by atoms with van der Waals surface area (Å²) in [5.41, 5.74) is 0.928. The molecule has 118 valence electrons. The predicted octanol–water partition coefficient (Wildman–Crippen LogP) is 4.01. The second-order valence-corrected chi connectivity index (χ2v) is 6.71. The largest absolute Gasteiger partial charge is 0.377 e. The number of halogens is 2. The monoisotopic (exact) mass is 331 g/mol. The van der Waals surface area contributed by atoms with Crippen LogP contribution in [0.2, 0.25) is 10.0 Å². The third kappa shape index (κ3) is 5.11. The number of nitrogens with one attached hydrogen (secondary N) is 1. The lowest BCUT2D eigenvalue weighted by Crippen LogP contribution is -2.38. The van der Waals surface area contributed by atoms with E-state index >= 15 is 0 Å². The summed E-state index contributed by atoms with van der Waals surface area (Å²) in [7, 11) is 0. The Kier molecular flexibility index (Phi) is 6.33. The minimum atomic E-state index is -0.179. The van der Waals surface area contributed by atoms with Gasteiger partial charge >= 0.3 is 0 Å². The molecule has 1 heterocycles. The van der Waals surface area contributed by atoms with E-state index < -0.39 is 0 Å². The van der Waals surface area contributed by atoms with Crippen molar-refractivity contribution in [3.05, 3.63) is 33.8 Å². The standard InChI is InChI=1S/C16H23Cl2NO2/c1-16(2,12-5-6-14(17)15(18)10-12)19-7-9-20-11-13-4-3-8-21-13/h5-6,10,13,19H,3-4,7-9,11H2,1-2H3. The van der Waals surface area contributed by atoms with E-state index in [1.165, 1.54) is 0 Å². The molecule has 1 atom stereocenters. The zero-order valence-electron chi connectivity index (χ0n) is 12.6. The Labute approximate surface area is 136 Å². The van der Waals surface area contributed by atoms with Crippen molar-refractivity contribution < 1.29 is 9.47 Å². The molecular formula is C16H23Cl2NO2. The SMILES string of the molecule is CC(C)(NCCOCC1CCCO1)c1ccc(Cl)c(Cl)c1. The highest BCUT2D eigenvalue weighted by atomic mass is 35.5. The summed E-state index contributed by atoms with van der Waals surface area (Å²) in [4.78, 5) is 0. The summed E-state index contributed by atoms with van der Waals surface area (Å²) in [6, 6.07) is 5.73. The van der Waals surface area contributed by atoms with Gasteiger partial charge in [0.15, 0.2) is 0 Å². The maximum atomic E-state index is 6.08. The van der Waals surface area contributed by atoms with Gasteiger partial charge in [-0.1, -0.05) is 29.3 Å². The van der Waals surface area contributed by atoms with Crippen LogP contribution in [0.3, 0.4) is 0 Å². The van der Waals surface area contributed by atoms with Gasteiger partial charge in [0, 0.05) is 18.7 Å². The van der Waals surface area contributed by atoms with Crippen molar-refractivity contribution >= 4 is 23.2 Å². The van der Waals surface area contributed by atoms with E-state index in [9.17, 15) is 0 Å². The van der Waals surface area contributed by atoms with Gasteiger partial charge in [0.25, 0.3) is 0 Å². The van der Waals surface area contributed by atoms with Crippen LogP contribution in [-0.2, 0) is 15.0 Å². The van der Waals surface area contributed by atoms with Crippen LogP contribution >= 0.6 is 23.2 Å². The molecule has 1 unspecified atom stereocenters. The zero-order valence-corrected chi connectivity index (χ0v) is 14.1. The Morgan fingerprint density at radius 3 is 2.81 bits per heavy atom. The summed E-state index contributed by atoms with van der Waals surface area (Å²) in [6.07, 6.45) is 2.55. The smallest absolute Gasteiger partial charge is 0.0809 e. The average molecular weight is 332 g/mol. The molecule has 1 N–H and O–H groups in total. The summed E-state index contributed by atoms with van der Waals surface area (Å²) in [6.45, 7) is 7.25. The van der Waals surface area contributed by atoms with Crippen LogP contribution in [0.25, 0.3) is 0 Å². The molecule has 1 saturated heterocycles. The molecule has 0 aromatic heterocycles. The van der Waals surface area contributed by atoms with Gasteiger partial charge in [0.1, 0.15) is 0 Å². The van der Waals surface area contributed by atoms with E-state index in [1.807, 2.05) is 18.2 Å². The lowest BCUT2D eigenvalue weighted by molar-refractivity contribution is 0.0171. The predicted molar refractivity (Wildman–Crippen MR) is 87.3 cm³/mol. The highest BCUT2D eigenvalue weighted by Gasteiger charge is 2.20. The lowest BCUT2D eigenvalue weighted by Gasteiger charge is -2.27. The van der Waals surface area contributed by atoms with E-state index in [2.05, 4.69) is 19.2 Å². The van der Waals surface area contributed by atoms with Gasteiger partial charge < -0.3 is 14.8 Å². The molecular weight excluding hydrogens is 309 g/mol. The normalized spacial score (nSPS) is 19.1. The Hall–Kier alpha value is -0.320. The van der Waals surface area contributed by atoms with Crippen molar-refractivity contribution in [2.24, 2.45) is 0 Å². The van der Waals surface area contributed by atoms with Gasteiger partial charge in [0.05, 0.1) is 29.4 Å². The van der Waals surface area contributed by atoms with E-state index in [4.69, 9.17) is 32.7 Å². The molecule has 0 radical (unpaired) electrons. The molecule has 0 saturated carbocycles. The van der Waals surface area contributed by atoms with Gasteiger partial charge in [-0.3, -0.25) is 0 Å². The third-order valence-electron chi connectivity index (χ3n) is 3.78. The fourth-order valence-corrected chi connectivity index (χ4v) is 2.71. The van der Waals surface area contributed by atoms with Gasteiger partial charge in [-0.15, -0.1) is 0 Å². The molecule has 1 aromatic rings. The minimum Gasteiger partial charge on any atom is -0.377 e. The quantitative estimate of drug-likeness (QED) is 0.765. The fourth-order valence-electron chi connectivity index (χ4n) is 2.41. The maximum absolute atomic E-state index is 6.08. The van der Waals surface area contributed by atoms with Crippen molar-refractivity contribution in [2.45, 2.75) is 38.3 Å². The minimum absolute atomic E-state index is 0.179. The van der Waals surface area contributed by atoms with Gasteiger partial charge in [0.2, 0.25) is 0 Å². The van der Waals surface area contributed by atoms with Crippen LogP contribution in [0, 0.1) is 0 Å². The molecule has 3 nitrogen and oxygen atoms in total. The molecule has 5 heteroatoms. The first kappa shape index (κ1) is 17.0. The van der Waals surface area contributed by atoms with Crippen LogP contribution in [0.5, 0.6) is 0 Å². The van der Waals surface area contributed by atoms with Gasteiger partial charge in [-0.05, 0) is 44.4 Å². The lowest BCUT2D eigenvalue weighted by atomic mass is 9.94. The van der Waals surface area contributed by atoms with Gasteiger partial charge in [-0.25, -0.2) is 0 Å². The van der Waals surface area contributed by atoms with Crippen LogP contribution in [0.15, 0.2) is 18.2 Å². The Morgan fingerprint density at radius 2 is 2.14 bits per heavy atom.